The Morgan fingerprint density at radius 3 is 2.24 bits per heavy atom. The van der Waals surface area contributed by atoms with Crippen molar-refractivity contribution in [2.75, 3.05) is 6.61 Å². The monoisotopic (exact) mass is 281 g/mol. The first-order valence-corrected chi connectivity index (χ1v) is 6.92. The van der Waals surface area contributed by atoms with Gasteiger partial charge in [0.1, 0.15) is 0 Å². The van der Waals surface area contributed by atoms with E-state index in [1.165, 1.54) is 0 Å². The first-order valence-electron chi connectivity index (χ1n) is 6.92. The van der Waals surface area contributed by atoms with Crippen LogP contribution in [0.4, 0.5) is 0 Å². The summed E-state index contributed by atoms with van der Waals surface area (Å²) in [6.07, 6.45) is 3.53. The number of ether oxygens (including phenoxy) is 1. The molecule has 0 aliphatic heterocycles. The zero-order valence-electron chi connectivity index (χ0n) is 12.0. The number of benzene rings is 2. The smallest absolute Gasteiger partial charge is 0.334 e. The Morgan fingerprint density at radius 1 is 1.10 bits per heavy atom. The van der Waals surface area contributed by atoms with Crippen LogP contribution < -0.4 is 5.73 Å². The van der Waals surface area contributed by atoms with Crippen molar-refractivity contribution >= 4 is 12.0 Å². The molecule has 0 unspecified atom stereocenters. The fourth-order valence-electron chi connectivity index (χ4n) is 2.04. The molecule has 21 heavy (non-hydrogen) atoms. The van der Waals surface area contributed by atoms with Gasteiger partial charge in [-0.15, -0.1) is 0 Å². The maximum Gasteiger partial charge on any atom is 0.334 e. The van der Waals surface area contributed by atoms with Gasteiger partial charge in [0, 0.05) is 0 Å². The Balaban J connectivity index is 2.37. The second-order valence-corrected chi connectivity index (χ2v) is 4.70. The molecular formula is C18H19NO2. The van der Waals surface area contributed by atoms with E-state index in [1.807, 2.05) is 66.7 Å². The van der Waals surface area contributed by atoms with Gasteiger partial charge < -0.3 is 10.5 Å². The minimum atomic E-state index is -1.28. The molecule has 2 N–H and O–H groups in total. The fraction of sp³-hybridized carbons (Fsp3) is 0.167. The van der Waals surface area contributed by atoms with Crippen LogP contribution in [0.25, 0.3) is 6.08 Å². The van der Waals surface area contributed by atoms with E-state index in [1.54, 1.807) is 13.0 Å². The highest BCUT2D eigenvalue weighted by Gasteiger charge is 2.34. The Bertz CT molecular complexity index is 608. The van der Waals surface area contributed by atoms with Crippen molar-refractivity contribution < 1.29 is 9.53 Å². The summed E-state index contributed by atoms with van der Waals surface area (Å²) < 4.78 is 5.13. The lowest BCUT2D eigenvalue weighted by molar-refractivity contribution is -0.148. The lowest BCUT2D eigenvalue weighted by Crippen LogP contribution is -2.44. The van der Waals surface area contributed by atoms with Crippen molar-refractivity contribution in [2.45, 2.75) is 12.5 Å². The molecule has 0 amide bonds. The molecule has 0 aliphatic rings. The molecule has 3 nitrogen and oxygen atoms in total. The van der Waals surface area contributed by atoms with Gasteiger partial charge >= 0.3 is 5.97 Å². The van der Waals surface area contributed by atoms with Gasteiger partial charge in [0.25, 0.3) is 0 Å². The first kappa shape index (κ1) is 15.0. The third-order valence-electron chi connectivity index (χ3n) is 3.20. The van der Waals surface area contributed by atoms with E-state index in [0.29, 0.717) is 12.2 Å². The van der Waals surface area contributed by atoms with Crippen molar-refractivity contribution in [1.82, 2.24) is 0 Å². The molecule has 2 aromatic carbocycles. The van der Waals surface area contributed by atoms with Gasteiger partial charge in [0.15, 0.2) is 5.54 Å². The number of nitrogens with two attached hydrogens (primary N) is 1. The molecule has 2 aromatic rings. The fourth-order valence-corrected chi connectivity index (χ4v) is 2.04. The minimum absolute atomic E-state index is 0.295. The van der Waals surface area contributed by atoms with Gasteiger partial charge in [-0.05, 0) is 24.1 Å². The first-order chi connectivity index (χ1) is 10.2. The average Bonchev–Trinajstić information content (AvgIpc) is 2.54. The van der Waals surface area contributed by atoms with Crippen LogP contribution in [0.1, 0.15) is 18.1 Å². The number of esters is 1. The van der Waals surface area contributed by atoms with Crippen molar-refractivity contribution in [1.29, 1.82) is 0 Å². The Kier molecular flexibility index (Phi) is 4.90. The number of hydrogen-bond acceptors (Lipinski definition) is 3. The van der Waals surface area contributed by atoms with Crippen LogP contribution >= 0.6 is 0 Å². The molecule has 0 aliphatic carbocycles. The third kappa shape index (κ3) is 3.58. The highest BCUT2D eigenvalue weighted by atomic mass is 16.5. The number of carbonyl (C=O) groups is 1. The zero-order valence-corrected chi connectivity index (χ0v) is 12.0. The van der Waals surface area contributed by atoms with Crippen molar-refractivity contribution in [2.24, 2.45) is 5.73 Å². The van der Waals surface area contributed by atoms with Crippen LogP contribution in [0, 0.1) is 0 Å². The standard InChI is InChI=1S/C18H19NO2/c1-2-21-17(20)18(19,16-11-7-4-8-12-16)14-13-15-9-5-3-6-10-15/h3-14H,2,19H2,1H3/b14-13+/t18-/m1/s1. The molecule has 0 bridgehead atoms. The average molecular weight is 281 g/mol. The van der Waals surface area contributed by atoms with Crippen LogP contribution in [0.3, 0.4) is 0 Å². The summed E-state index contributed by atoms with van der Waals surface area (Å²) in [4.78, 5) is 12.3. The highest BCUT2D eigenvalue weighted by molar-refractivity contribution is 5.86. The maximum absolute atomic E-state index is 12.3. The molecule has 108 valence electrons. The van der Waals surface area contributed by atoms with E-state index in [9.17, 15) is 4.79 Å². The van der Waals surface area contributed by atoms with Crippen molar-refractivity contribution in [3.63, 3.8) is 0 Å². The highest BCUT2D eigenvalue weighted by Crippen LogP contribution is 2.23. The SMILES string of the molecule is CCOC(=O)[C@@](N)(/C=C/c1ccccc1)c1ccccc1. The van der Waals surface area contributed by atoms with Crippen LogP contribution in [0.15, 0.2) is 66.7 Å². The second-order valence-electron chi connectivity index (χ2n) is 4.70. The predicted molar refractivity (Wildman–Crippen MR) is 84.4 cm³/mol. The van der Waals surface area contributed by atoms with Crippen LogP contribution in [0.5, 0.6) is 0 Å². The van der Waals surface area contributed by atoms with Gasteiger partial charge in [0.05, 0.1) is 6.61 Å². The summed E-state index contributed by atoms with van der Waals surface area (Å²) in [5, 5.41) is 0. The van der Waals surface area contributed by atoms with Crippen LogP contribution in [-0.2, 0) is 15.1 Å². The van der Waals surface area contributed by atoms with Gasteiger partial charge in [0.2, 0.25) is 0 Å². The molecular weight excluding hydrogens is 262 g/mol. The van der Waals surface area contributed by atoms with E-state index in [4.69, 9.17) is 10.5 Å². The summed E-state index contributed by atoms with van der Waals surface area (Å²) in [7, 11) is 0. The van der Waals surface area contributed by atoms with Crippen LogP contribution in [0.2, 0.25) is 0 Å². The molecule has 0 saturated carbocycles. The summed E-state index contributed by atoms with van der Waals surface area (Å²) >= 11 is 0. The number of hydrogen-bond donors (Lipinski definition) is 1. The summed E-state index contributed by atoms with van der Waals surface area (Å²) in [6.45, 7) is 2.06. The second kappa shape index (κ2) is 6.86. The molecule has 2 rings (SSSR count). The molecule has 0 radical (unpaired) electrons. The van der Waals surface area contributed by atoms with Gasteiger partial charge in [-0.1, -0.05) is 66.7 Å². The topological polar surface area (TPSA) is 52.3 Å². The minimum Gasteiger partial charge on any atom is -0.464 e. The lowest BCUT2D eigenvalue weighted by atomic mass is 9.90. The summed E-state index contributed by atoms with van der Waals surface area (Å²) in [5.41, 5.74) is 6.73. The Morgan fingerprint density at radius 2 is 1.67 bits per heavy atom. The largest absolute Gasteiger partial charge is 0.464 e. The number of carbonyl (C=O) groups excluding carboxylic acids is 1. The third-order valence-corrected chi connectivity index (χ3v) is 3.20. The van der Waals surface area contributed by atoms with Gasteiger partial charge in [-0.3, -0.25) is 0 Å². The zero-order chi connectivity index (χ0) is 15.1. The Labute approximate surface area is 125 Å². The maximum atomic E-state index is 12.3. The van der Waals surface area contributed by atoms with E-state index < -0.39 is 11.5 Å². The lowest BCUT2D eigenvalue weighted by Gasteiger charge is -2.24. The van der Waals surface area contributed by atoms with E-state index in [-0.39, 0.29) is 0 Å². The van der Waals surface area contributed by atoms with E-state index in [2.05, 4.69) is 0 Å². The van der Waals surface area contributed by atoms with Gasteiger partial charge in [-0.25, -0.2) is 4.79 Å². The van der Waals surface area contributed by atoms with E-state index in [0.717, 1.165) is 5.56 Å². The normalized spacial score (nSPS) is 13.8. The molecule has 0 heterocycles. The summed E-state index contributed by atoms with van der Waals surface area (Å²) in [5.74, 6) is -0.455. The van der Waals surface area contributed by atoms with E-state index >= 15 is 0 Å². The molecule has 3 heteroatoms. The van der Waals surface area contributed by atoms with Crippen molar-refractivity contribution in [3.05, 3.63) is 77.9 Å². The quantitative estimate of drug-likeness (QED) is 0.857. The Hall–Kier alpha value is -2.39. The number of rotatable bonds is 5. The summed E-state index contributed by atoms with van der Waals surface area (Å²) in [6, 6.07) is 19.0. The molecule has 1 atom stereocenters. The van der Waals surface area contributed by atoms with Crippen molar-refractivity contribution in [3.8, 4) is 0 Å². The molecule has 0 fully saturated rings. The predicted octanol–water partition coefficient (Wildman–Crippen LogP) is 3.12. The van der Waals surface area contributed by atoms with Gasteiger partial charge in [-0.2, -0.15) is 0 Å². The van der Waals surface area contributed by atoms with Crippen LogP contribution in [-0.4, -0.2) is 12.6 Å². The molecule has 0 aromatic heterocycles. The molecule has 0 saturated heterocycles. The molecule has 0 spiro atoms.